The molecular formula is C8H11NO2. The number of hydrogen-bond acceptors (Lipinski definition) is 2. The van der Waals surface area contributed by atoms with E-state index in [1.54, 1.807) is 6.92 Å². The first-order valence-electron chi connectivity index (χ1n) is 3.31. The van der Waals surface area contributed by atoms with Gasteiger partial charge in [-0.2, -0.15) is 5.26 Å². The molecule has 1 atom stereocenters. The first kappa shape index (κ1) is 9.70. The van der Waals surface area contributed by atoms with Gasteiger partial charge in [0.15, 0.2) is 0 Å². The second-order valence-corrected chi connectivity index (χ2v) is 2.63. The largest absolute Gasteiger partial charge is 0.481 e. The van der Waals surface area contributed by atoms with Crippen LogP contribution in [0.2, 0.25) is 0 Å². The summed E-state index contributed by atoms with van der Waals surface area (Å²) in [6.45, 7) is 5.14. The SMILES string of the molecule is C=CC(C)(C#N)CCC(=O)O. The van der Waals surface area contributed by atoms with Gasteiger partial charge in [0.1, 0.15) is 0 Å². The summed E-state index contributed by atoms with van der Waals surface area (Å²) in [5.74, 6) is -0.881. The van der Waals surface area contributed by atoms with E-state index < -0.39 is 11.4 Å². The van der Waals surface area contributed by atoms with Crippen LogP contribution < -0.4 is 0 Å². The number of rotatable bonds is 4. The van der Waals surface area contributed by atoms with E-state index in [1.165, 1.54) is 6.08 Å². The van der Waals surface area contributed by atoms with Crippen molar-refractivity contribution in [2.45, 2.75) is 19.8 Å². The Morgan fingerprint density at radius 3 is 2.73 bits per heavy atom. The van der Waals surface area contributed by atoms with Gasteiger partial charge in [0.05, 0.1) is 11.5 Å². The molecule has 0 spiro atoms. The van der Waals surface area contributed by atoms with Crippen LogP contribution in [0.5, 0.6) is 0 Å². The van der Waals surface area contributed by atoms with E-state index in [4.69, 9.17) is 10.4 Å². The summed E-state index contributed by atoms with van der Waals surface area (Å²) in [5.41, 5.74) is -0.696. The molecule has 0 aromatic carbocycles. The summed E-state index contributed by atoms with van der Waals surface area (Å²) in [7, 11) is 0. The van der Waals surface area contributed by atoms with Gasteiger partial charge in [0, 0.05) is 6.42 Å². The molecule has 0 aliphatic rings. The van der Waals surface area contributed by atoms with Crippen molar-refractivity contribution in [1.29, 1.82) is 5.26 Å². The lowest BCUT2D eigenvalue weighted by Gasteiger charge is -2.13. The fourth-order valence-corrected chi connectivity index (χ4v) is 0.570. The van der Waals surface area contributed by atoms with Crippen molar-refractivity contribution < 1.29 is 9.90 Å². The van der Waals surface area contributed by atoms with Gasteiger partial charge < -0.3 is 5.11 Å². The van der Waals surface area contributed by atoms with Gasteiger partial charge in [-0.05, 0) is 13.3 Å². The van der Waals surface area contributed by atoms with Crippen molar-refractivity contribution in [3.8, 4) is 6.07 Å². The van der Waals surface area contributed by atoms with Crippen molar-refractivity contribution in [3.63, 3.8) is 0 Å². The fraction of sp³-hybridized carbons (Fsp3) is 0.500. The lowest BCUT2D eigenvalue weighted by molar-refractivity contribution is -0.137. The second kappa shape index (κ2) is 3.77. The molecule has 1 N–H and O–H groups in total. The molecule has 11 heavy (non-hydrogen) atoms. The van der Waals surface area contributed by atoms with Crippen LogP contribution in [0, 0.1) is 16.7 Å². The molecule has 0 bridgehead atoms. The van der Waals surface area contributed by atoms with Crippen LogP contribution in [-0.2, 0) is 4.79 Å². The van der Waals surface area contributed by atoms with Gasteiger partial charge in [-0.15, -0.1) is 6.58 Å². The maximum absolute atomic E-state index is 10.1. The van der Waals surface area contributed by atoms with Gasteiger partial charge in [-0.25, -0.2) is 0 Å². The standard InChI is InChI=1S/C8H11NO2/c1-3-8(2,6-9)5-4-7(10)11/h3H,1,4-5H2,2H3,(H,10,11). The quantitative estimate of drug-likeness (QED) is 0.623. The molecule has 0 heterocycles. The highest BCUT2D eigenvalue weighted by Gasteiger charge is 2.19. The normalized spacial score (nSPS) is 14.5. The van der Waals surface area contributed by atoms with Gasteiger partial charge in [0.25, 0.3) is 0 Å². The van der Waals surface area contributed by atoms with Crippen molar-refractivity contribution in [2.75, 3.05) is 0 Å². The maximum atomic E-state index is 10.1. The third-order valence-electron chi connectivity index (χ3n) is 1.56. The molecule has 60 valence electrons. The van der Waals surface area contributed by atoms with E-state index in [0.717, 1.165) is 0 Å². The fourth-order valence-electron chi connectivity index (χ4n) is 0.570. The third kappa shape index (κ3) is 3.41. The molecule has 3 nitrogen and oxygen atoms in total. The first-order chi connectivity index (χ1) is 5.04. The highest BCUT2D eigenvalue weighted by Crippen LogP contribution is 2.22. The molecule has 0 saturated carbocycles. The average molecular weight is 153 g/mol. The number of hydrogen-bond donors (Lipinski definition) is 1. The maximum Gasteiger partial charge on any atom is 0.303 e. The van der Waals surface area contributed by atoms with Gasteiger partial charge >= 0.3 is 5.97 Å². The molecule has 0 saturated heterocycles. The molecule has 3 heteroatoms. The molecule has 0 aliphatic heterocycles. The number of aliphatic carboxylic acids is 1. The summed E-state index contributed by atoms with van der Waals surface area (Å²) in [4.78, 5) is 10.1. The van der Waals surface area contributed by atoms with Crippen LogP contribution in [0.25, 0.3) is 0 Å². The number of carbonyl (C=O) groups is 1. The predicted molar refractivity (Wildman–Crippen MR) is 40.8 cm³/mol. The monoisotopic (exact) mass is 153 g/mol. The molecule has 1 unspecified atom stereocenters. The zero-order valence-electron chi connectivity index (χ0n) is 6.50. The van der Waals surface area contributed by atoms with Crippen LogP contribution in [0.15, 0.2) is 12.7 Å². The Morgan fingerprint density at radius 1 is 1.91 bits per heavy atom. The van der Waals surface area contributed by atoms with Gasteiger partial charge in [-0.3, -0.25) is 4.79 Å². The number of allylic oxidation sites excluding steroid dienone is 1. The molecule has 0 aromatic heterocycles. The lowest BCUT2D eigenvalue weighted by Crippen LogP contribution is -2.11. The number of carboxylic acid groups (broad SMARTS) is 1. The van der Waals surface area contributed by atoms with Crippen LogP contribution >= 0.6 is 0 Å². The molecule has 0 radical (unpaired) electrons. The predicted octanol–water partition coefficient (Wildman–Crippen LogP) is 1.57. The zero-order valence-corrected chi connectivity index (χ0v) is 6.50. The Hall–Kier alpha value is -1.30. The summed E-state index contributed by atoms with van der Waals surface area (Å²) < 4.78 is 0. The third-order valence-corrected chi connectivity index (χ3v) is 1.56. The van der Waals surface area contributed by atoms with Gasteiger partial charge in [-0.1, -0.05) is 6.08 Å². The van der Waals surface area contributed by atoms with Crippen molar-refractivity contribution in [1.82, 2.24) is 0 Å². The molecule has 0 fully saturated rings. The number of carboxylic acids is 1. The van der Waals surface area contributed by atoms with Crippen molar-refractivity contribution in [3.05, 3.63) is 12.7 Å². The summed E-state index contributed by atoms with van der Waals surface area (Å²) in [6.07, 6.45) is 1.81. The lowest BCUT2D eigenvalue weighted by atomic mass is 9.87. The topological polar surface area (TPSA) is 61.1 Å². The Bertz CT molecular complexity index is 205. The number of nitriles is 1. The Labute approximate surface area is 66.0 Å². The highest BCUT2D eigenvalue weighted by molar-refractivity contribution is 5.66. The highest BCUT2D eigenvalue weighted by atomic mass is 16.4. The zero-order chi connectivity index (χ0) is 8.91. The van der Waals surface area contributed by atoms with E-state index in [9.17, 15) is 4.79 Å². The Morgan fingerprint density at radius 2 is 2.45 bits per heavy atom. The van der Waals surface area contributed by atoms with E-state index in [-0.39, 0.29) is 6.42 Å². The van der Waals surface area contributed by atoms with Crippen LogP contribution in [0.3, 0.4) is 0 Å². The minimum absolute atomic E-state index is 0.0100. The van der Waals surface area contributed by atoms with E-state index in [0.29, 0.717) is 6.42 Å². The smallest absolute Gasteiger partial charge is 0.303 e. The van der Waals surface area contributed by atoms with E-state index >= 15 is 0 Å². The molecule has 0 aromatic rings. The Kier molecular flexibility index (Phi) is 3.32. The van der Waals surface area contributed by atoms with Crippen molar-refractivity contribution >= 4 is 5.97 Å². The van der Waals surface area contributed by atoms with E-state index in [1.807, 2.05) is 6.07 Å². The molecule has 0 rings (SSSR count). The van der Waals surface area contributed by atoms with Crippen LogP contribution in [-0.4, -0.2) is 11.1 Å². The summed E-state index contributed by atoms with van der Waals surface area (Å²) in [6, 6.07) is 2.00. The minimum atomic E-state index is -0.881. The molecular weight excluding hydrogens is 142 g/mol. The second-order valence-electron chi connectivity index (χ2n) is 2.63. The van der Waals surface area contributed by atoms with E-state index in [2.05, 4.69) is 6.58 Å². The molecule has 0 aliphatic carbocycles. The average Bonchev–Trinajstić information content (AvgIpc) is 2.00. The summed E-state index contributed by atoms with van der Waals surface area (Å²) in [5, 5.41) is 16.9. The van der Waals surface area contributed by atoms with Crippen LogP contribution in [0.1, 0.15) is 19.8 Å². The first-order valence-corrected chi connectivity index (χ1v) is 3.31. The van der Waals surface area contributed by atoms with Gasteiger partial charge in [0.2, 0.25) is 0 Å². The van der Waals surface area contributed by atoms with Crippen LogP contribution in [0.4, 0.5) is 0 Å². The molecule has 0 amide bonds. The Balaban J connectivity index is 4.01. The summed E-state index contributed by atoms with van der Waals surface area (Å²) >= 11 is 0. The number of nitrogens with zero attached hydrogens (tertiary/aromatic N) is 1. The van der Waals surface area contributed by atoms with Crippen molar-refractivity contribution in [2.24, 2.45) is 5.41 Å². The minimum Gasteiger partial charge on any atom is -0.481 e.